The second-order valence-corrected chi connectivity index (χ2v) is 4.81. The van der Waals surface area contributed by atoms with Crippen molar-refractivity contribution in [2.24, 2.45) is 0 Å². The van der Waals surface area contributed by atoms with Gasteiger partial charge in [0.2, 0.25) is 0 Å². The normalized spacial score (nSPS) is 13.6. The van der Waals surface area contributed by atoms with E-state index in [0.717, 1.165) is 11.9 Å². The van der Waals surface area contributed by atoms with Crippen LogP contribution in [0.5, 0.6) is 0 Å². The van der Waals surface area contributed by atoms with Gasteiger partial charge in [0.25, 0.3) is 0 Å². The molecule has 0 aliphatic heterocycles. The van der Waals surface area contributed by atoms with Gasteiger partial charge >= 0.3 is 0 Å². The molecule has 2 nitrogen and oxygen atoms in total. The first-order chi connectivity index (χ1) is 7.63. The number of nitrogens with zero attached hydrogens (tertiary/aromatic N) is 2. The molecule has 2 aromatic rings. The molecule has 2 heteroatoms. The molecular weight excluding hydrogens is 196 g/mol. The maximum Gasteiger partial charge on any atom is 0.0960 e. The highest BCUT2D eigenvalue weighted by Crippen LogP contribution is 2.23. The SMILES string of the molecule is CCC(C)n1cnc2ccc(C(C)C)cc21. The molecule has 0 radical (unpaired) electrons. The Morgan fingerprint density at radius 3 is 2.62 bits per heavy atom. The zero-order valence-corrected chi connectivity index (χ0v) is 10.6. The van der Waals surface area contributed by atoms with E-state index in [1.54, 1.807) is 0 Å². The Labute approximate surface area is 97.3 Å². The fourth-order valence-electron chi connectivity index (χ4n) is 1.95. The van der Waals surface area contributed by atoms with Crippen LogP contribution in [0.2, 0.25) is 0 Å². The van der Waals surface area contributed by atoms with E-state index in [0.29, 0.717) is 12.0 Å². The molecule has 1 atom stereocenters. The van der Waals surface area contributed by atoms with E-state index in [1.807, 2.05) is 6.33 Å². The molecule has 1 aromatic carbocycles. The van der Waals surface area contributed by atoms with E-state index in [2.05, 4.69) is 55.4 Å². The summed E-state index contributed by atoms with van der Waals surface area (Å²) in [5.74, 6) is 0.574. The van der Waals surface area contributed by atoms with Crippen LogP contribution in [0.1, 0.15) is 51.6 Å². The first-order valence-electron chi connectivity index (χ1n) is 6.10. The Morgan fingerprint density at radius 1 is 1.25 bits per heavy atom. The lowest BCUT2D eigenvalue weighted by Gasteiger charge is -2.12. The molecule has 0 saturated heterocycles. The first kappa shape index (κ1) is 11.2. The van der Waals surface area contributed by atoms with Gasteiger partial charge in [0.1, 0.15) is 0 Å². The zero-order valence-electron chi connectivity index (χ0n) is 10.6. The smallest absolute Gasteiger partial charge is 0.0960 e. The molecule has 0 spiro atoms. The number of aromatic nitrogens is 2. The Morgan fingerprint density at radius 2 is 2.00 bits per heavy atom. The summed E-state index contributed by atoms with van der Waals surface area (Å²) < 4.78 is 2.28. The lowest BCUT2D eigenvalue weighted by atomic mass is 10.0. The molecule has 2 rings (SSSR count). The van der Waals surface area contributed by atoms with Crippen LogP contribution in [-0.2, 0) is 0 Å². The molecule has 0 aliphatic rings. The second kappa shape index (κ2) is 4.28. The van der Waals surface area contributed by atoms with Crippen molar-refractivity contribution in [3.8, 4) is 0 Å². The van der Waals surface area contributed by atoms with Gasteiger partial charge in [-0.2, -0.15) is 0 Å². The Balaban J connectivity index is 2.55. The largest absolute Gasteiger partial charge is 0.328 e. The lowest BCUT2D eigenvalue weighted by Crippen LogP contribution is -2.02. The first-order valence-corrected chi connectivity index (χ1v) is 6.10. The van der Waals surface area contributed by atoms with Crippen LogP contribution in [0, 0.1) is 0 Å². The summed E-state index contributed by atoms with van der Waals surface area (Å²) in [6, 6.07) is 7.11. The lowest BCUT2D eigenvalue weighted by molar-refractivity contribution is 0.544. The van der Waals surface area contributed by atoms with Gasteiger partial charge in [0.05, 0.1) is 17.4 Å². The van der Waals surface area contributed by atoms with E-state index >= 15 is 0 Å². The quantitative estimate of drug-likeness (QED) is 0.754. The molecule has 0 saturated carbocycles. The zero-order chi connectivity index (χ0) is 11.7. The van der Waals surface area contributed by atoms with Crippen LogP contribution in [0.3, 0.4) is 0 Å². The molecular formula is C14H20N2. The van der Waals surface area contributed by atoms with Crippen molar-refractivity contribution < 1.29 is 0 Å². The third-order valence-electron chi connectivity index (χ3n) is 3.33. The van der Waals surface area contributed by atoms with Crippen LogP contribution in [0.15, 0.2) is 24.5 Å². The van der Waals surface area contributed by atoms with Gasteiger partial charge in [-0.1, -0.05) is 26.8 Å². The minimum atomic E-state index is 0.521. The Kier molecular flexibility index (Phi) is 2.99. The summed E-state index contributed by atoms with van der Waals surface area (Å²) in [5.41, 5.74) is 3.75. The van der Waals surface area contributed by atoms with E-state index < -0.39 is 0 Å². The maximum absolute atomic E-state index is 4.45. The monoisotopic (exact) mass is 216 g/mol. The highest BCUT2D eigenvalue weighted by molar-refractivity contribution is 5.76. The van der Waals surface area contributed by atoms with E-state index in [4.69, 9.17) is 0 Å². The molecule has 0 fully saturated rings. The van der Waals surface area contributed by atoms with Crippen molar-refractivity contribution in [1.82, 2.24) is 9.55 Å². The average Bonchev–Trinajstić information content (AvgIpc) is 2.70. The summed E-state index contributed by atoms with van der Waals surface area (Å²) in [6.45, 7) is 8.90. The standard InChI is InChI=1S/C14H20N2/c1-5-11(4)16-9-15-13-7-6-12(10(2)3)8-14(13)16/h6-11H,5H2,1-4H3. The van der Waals surface area contributed by atoms with Gasteiger partial charge in [0, 0.05) is 6.04 Å². The van der Waals surface area contributed by atoms with Crippen molar-refractivity contribution >= 4 is 11.0 Å². The highest BCUT2D eigenvalue weighted by Gasteiger charge is 2.09. The summed E-state index contributed by atoms with van der Waals surface area (Å²) in [6.07, 6.45) is 3.10. The predicted octanol–water partition coefficient (Wildman–Crippen LogP) is 4.13. The van der Waals surface area contributed by atoms with E-state index in [9.17, 15) is 0 Å². The van der Waals surface area contributed by atoms with Crippen molar-refractivity contribution in [3.05, 3.63) is 30.1 Å². The number of fused-ring (bicyclic) bond motifs is 1. The minimum absolute atomic E-state index is 0.521. The average molecular weight is 216 g/mol. The third kappa shape index (κ3) is 1.84. The fourth-order valence-corrected chi connectivity index (χ4v) is 1.95. The van der Waals surface area contributed by atoms with Gasteiger partial charge < -0.3 is 4.57 Å². The van der Waals surface area contributed by atoms with Gasteiger partial charge in [-0.3, -0.25) is 0 Å². The van der Waals surface area contributed by atoms with Crippen LogP contribution >= 0.6 is 0 Å². The van der Waals surface area contributed by atoms with Crippen LogP contribution in [0.25, 0.3) is 11.0 Å². The fraction of sp³-hybridized carbons (Fsp3) is 0.500. The Bertz CT molecular complexity index is 482. The van der Waals surface area contributed by atoms with Crippen molar-refractivity contribution in [2.45, 2.75) is 46.1 Å². The maximum atomic E-state index is 4.45. The van der Waals surface area contributed by atoms with Crippen LogP contribution in [-0.4, -0.2) is 9.55 Å². The molecule has 0 aliphatic carbocycles. The highest BCUT2D eigenvalue weighted by atomic mass is 15.1. The van der Waals surface area contributed by atoms with Crippen LogP contribution in [0.4, 0.5) is 0 Å². The second-order valence-electron chi connectivity index (χ2n) is 4.81. The summed E-state index contributed by atoms with van der Waals surface area (Å²) in [5, 5.41) is 0. The minimum Gasteiger partial charge on any atom is -0.328 e. The molecule has 1 heterocycles. The third-order valence-corrected chi connectivity index (χ3v) is 3.33. The van der Waals surface area contributed by atoms with Crippen molar-refractivity contribution in [1.29, 1.82) is 0 Å². The van der Waals surface area contributed by atoms with Gasteiger partial charge in [-0.25, -0.2) is 4.98 Å². The molecule has 16 heavy (non-hydrogen) atoms. The number of rotatable bonds is 3. The number of benzene rings is 1. The van der Waals surface area contributed by atoms with Crippen molar-refractivity contribution in [2.75, 3.05) is 0 Å². The topological polar surface area (TPSA) is 17.8 Å². The molecule has 0 N–H and O–H groups in total. The molecule has 0 bridgehead atoms. The van der Waals surface area contributed by atoms with E-state index in [-0.39, 0.29) is 0 Å². The van der Waals surface area contributed by atoms with Crippen molar-refractivity contribution in [3.63, 3.8) is 0 Å². The number of imidazole rings is 1. The van der Waals surface area contributed by atoms with Gasteiger partial charge in [0.15, 0.2) is 0 Å². The number of hydrogen-bond donors (Lipinski definition) is 0. The summed E-state index contributed by atoms with van der Waals surface area (Å²) >= 11 is 0. The molecule has 86 valence electrons. The van der Waals surface area contributed by atoms with Crippen LogP contribution < -0.4 is 0 Å². The predicted molar refractivity (Wildman–Crippen MR) is 68.8 cm³/mol. The molecule has 0 amide bonds. The van der Waals surface area contributed by atoms with Gasteiger partial charge in [-0.05, 0) is 37.0 Å². The molecule has 1 unspecified atom stereocenters. The summed E-state index contributed by atoms with van der Waals surface area (Å²) in [4.78, 5) is 4.45. The molecule has 1 aromatic heterocycles. The number of hydrogen-bond acceptors (Lipinski definition) is 1. The van der Waals surface area contributed by atoms with E-state index in [1.165, 1.54) is 11.1 Å². The van der Waals surface area contributed by atoms with Gasteiger partial charge in [-0.15, -0.1) is 0 Å². The Hall–Kier alpha value is -1.31. The summed E-state index contributed by atoms with van der Waals surface area (Å²) in [7, 11) is 0.